The number of nitro groups is 1. The van der Waals surface area contributed by atoms with Crippen LogP contribution in [0.3, 0.4) is 0 Å². The Morgan fingerprint density at radius 1 is 1.18 bits per heavy atom. The summed E-state index contributed by atoms with van der Waals surface area (Å²) in [6, 6.07) is 10.4. The Balaban J connectivity index is 1.64. The third-order valence-corrected chi connectivity index (χ3v) is 5.36. The number of aromatic nitrogens is 3. The summed E-state index contributed by atoms with van der Waals surface area (Å²) >= 11 is 7.76. The van der Waals surface area contributed by atoms with Gasteiger partial charge in [-0.25, -0.2) is 0 Å². The van der Waals surface area contributed by atoms with Gasteiger partial charge in [-0.2, -0.15) is 0 Å². The molecule has 1 aliphatic rings. The lowest BCUT2D eigenvalue weighted by molar-refractivity contribution is -0.402. The number of hydrogen-bond acceptors (Lipinski definition) is 7. The molecule has 3 aromatic rings. The van der Waals surface area contributed by atoms with Crippen molar-refractivity contribution in [3.05, 3.63) is 62.7 Å². The van der Waals surface area contributed by atoms with Crippen LogP contribution >= 0.6 is 23.4 Å². The molecule has 0 N–H and O–H groups in total. The van der Waals surface area contributed by atoms with Gasteiger partial charge >= 0.3 is 5.88 Å². The van der Waals surface area contributed by atoms with Crippen LogP contribution in [0, 0.1) is 10.1 Å². The number of hydrogen-bond donors (Lipinski definition) is 0. The smallest absolute Gasteiger partial charge is 0.401 e. The van der Waals surface area contributed by atoms with E-state index in [0.29, 0.717) is 15.9 Å². The summed E-state index contributed by atoms with van der Waals surface area (Å²) in [5.74, 6) is 0.859. The summed E-state index contributed by atoms with van der Waals surface area (Å²) in [7, 11) is 0. The van der Waals surface area contributed by atoms with E-state index in [1.165, 1.54) is 17.8 Å². The average Bonchev–Trinajstić information content (AvgIpc) is 3.43. The zero-order valence-electron chi connectivity index (χ0n) is 14.7. The van der Waals surface area contributed by atoms with Crippen LogP contribution in [-0.4, -0.2) is 32.8 Å². The molecule has 2 aromatic heterocycles. The first-order valence-electron chi connectivity index (χ1n) is 8.66. The molecule has 8 nitrogen and oxygen atoms in total. The number of benzene rings is 1. The van der Waals surface area contributed by atoms with Crippen LogP contribution in [0.5, 0.6) is 0 Å². The van der Waals surface area contributed by atoms with Gasteiger partial charge in [-0.3, -0.25) is 14.7 Å². The summed E-state index contributed by atoms with van der Waals surface area (Å²) in [6.07, 6.45) is 3.89. The summed E-state index contributed by atoms with van der Waals surface area (Å²) in [4.78, 5) is 12.3. The van der Waals surface area contributed by atoms with Gasteiger partial charge in [0.05, 0.1) is 16.8 Å². The number of para-hydroxylation sites is 1. The van der Waals surface area contributed by atoms with Crippen molar-refractivity contribution < 1.29 is 9.34 Å². The second kappa shape index (κ2) is 8.07. The van der Waals surface area contributed by atoms with E-state index in [1.54, 1.807) is 17.6 Å². The van der Waals surface area contributed by atoms with E-state index in [1.807, 2.05) is 28.8 Å². The van der Waals surface area contributed by atoms with Crippen LogP contribution in [0.4, 0.5) is 11.8 Å². The Kier molecular flexibility index (Phi) is 5.36. The highest BCUT2D eigenvalue weighted by molar-refractivity contribution is 8.02. The molecule has 1 saturated heterocycles. The van der Waals surface area contributed by atoms with Crippen molar-refractivity contribution in [1.29, 1.82) is 0 Å². The molecule has 0 radical (unpaired) electrons. The van der Waals surface area contributed by atoms with E-state index in [2.05, 4.69) is 15.1 Å². The van der Waals surface area contributed by atoms with Gasteiger partial charge in [0.2, 0.25) is 11.1 Å². The van der Waals surface area contributed by atoms with Crippen LogP contribution in [0.25, 0.3) is 11.8 Å². The van der Waals surface area contributed by atoms with E-state index < -0.39 is 4.92 Å². The Labute approximate surface area is 170 Å². The highest BCUT2D eigenvalue weighted by Gasteiger charge is 2.23. The van der Waals surface area contributed by atoms with Crippen molar-refractivity contribution in [2.75, 3.05) is 18.0 Å². The van der Waals surface area contributed by atoms with Crippen LogP contribution in [0.1, 0.15) is 18.6 Å². The number of rotatable bonds is 6. The van der Waals surface area contributed by atoms with Crippen LogP contribution in [0.2, 0.25) is 5.02 Å². The minimum Gasteiger partial charge on any atom is -0.401 e. The van der Waals surface area contributed by atoms with Gasteiger partial charge in [-0.05, 0) is 42.5 Å². The zero-order chi connectivity index (χ0) is 19.5. The summed E-state index contributed by atoms with van der Waals surface area (Å²) < 4.78 is 7.07. The summed E-state index contributed by atoms with van der Waals surface area (Å²) in [6.45, 7) is 1.86. The molecule has 0 atom stereocenters. The molecule has 1 fully saturated rings. The topological polar surface area (TPSA) is 90.2 Å². The molecule has 0 amide bonds. The highest BCUT2D eigenvalue weighted by Crippen LogP contribution is 2.32. The third-order valence-electron chi connectivity index (χ3n) is 4.30. The highest BCUT2D eigenvalue weighted by atomic mass is 35.5. The second-order valence-electron chi connectivity index (χ2n) is 6.12. The first-order chi connectivity index (χ1) is 13.6. The molecule has 10 heteroatoms. The minimum absolute atomic E-state index is 0.291. The second-order valence-corrected chi connectivity index (χ2v) is 7.40. The fourth-order valence-electron chi connectivity index (χ4n) is 3.00. The van der Waals surface area contributed by atoms with Crippen LogP contribution < -0.4 is 4.90 Å². The van der Waals surface area contributed by atoms with Crippen LogP contribution in [-0.2, 0) is 0 Å². The van der Waals surface area contributed by atoms with Gasteiger partial charge in [0.15, 0.2) is 0 Å². The minimum atomic E-state index is -0.569. The van der Waals surface area contributed by atoms with Crippen molar-refractivity contribution in [1.82, 2.24) is 14.8 Å². The first kappa shape index (κ1) is 18.6. The molecule has 28 heavy (non-hydrogen) atoms. The number of nitrogens with zero attached hydrogens (tertiary/aromatic N) is 5. The van der Waals surface area contributed by atoms with Crippen molar-refractivity contribution in [2.24, 2.45) is 0 Å². The molecule has 4 rings (SSSR count). The predicted molar refractivity (Wildman–Crippen MR) is 108 cm³/mol. The monoisotopic (exact) mass is 417 g/mol. The fraction of sp³-hybridized carbons (Fsp3) is 0.222. The average molecular weight is 418 g/mol. The maximum atomic E-state index is 10.7. The SMILES string of the molecule is O=[N+]([O-])c1ccc(/C=C/Sc2nnc(N3CCCC3)n2-c2ccccc2Cl)o1. The van der Waals surface area contributed by atoms with E-state index in [9.17, 15) is 10.1 Å². The maximum Gasteiger partial charge on any atom is 0.433 e. The molecular formula is C18H16ClN5O3S. The Hall–Kier alpha value is -2.78. The van der Waals surface area contributed by atoms with E-state index in [-0.39, 0.29) is 5.88 Å². The van der Waals surface area contributed by atoms with E-state index in [4.69, 9.17) is 16.0 Å². The lowest BCUT2D eigenvalue weighted by Gasteiger charge is -2.18. The molecule has 3 heterocycles. The van der Waals surface area contributed by atoms with E-state index >= 15 is 0 Å². The predicted octanol–water partition coefficient (Wildman–Crippen LogP) is 4.79. The maximum absolute atomic E-state index is 10.7. The number of thioether (sulfide) groups is 1. The van der Waals surface area contributed by atoms with Crippen LogP contribution in [0.15, 0.2) is 51.4 Å². The summed E-state index contributed by atoms with van der Waals surface area (Å²) in [5.41, 5.74) is 0.806. The molecule has 0 bridgehead atoms. The normalized spacial score (nSPS) is 14.2. The molecule has 0 spiro atoms. The molecule has 0 saturated carbocycles. The number of halogens is 1. The van der Waals surface area contributed by atoms with Crippen molar-refractivity contribution in [3.63, 3.8) is 0 Å². The van der Waals surface area contributed by atoms with Gasteiger partial charge in [-0.1, -0.05) is 35.5 Å². The van der Waals surface area contributed by atoms with Gasteiger partial charge in [0, 0.05) is 13.1 Å². The fourth-order valence-corrected chi connectivity index (χ4v) is 3.91. The van der Waals surface area contributed by atoms with Gasteiger partial charge < -0.3 is 9.32 Å². The van der Waals surface area contributed by atoms with Gasteiger partial charge in [-0.15, -0.1) is 10.2 Å². The number of furan rings is 1. The van der Waals surface area contributed by atoms with Gasteiger partial charge in [0.1, 0.15) is 10.7 Å². The lowest BCUT2D eigenvalue weighted by atomic mass is 10.3. The van der Waals surface area contributed by atoms with Crippen molar-refractivity contribution in [2.45, 2.75) is 18.0 Å². The lowest BCUT2D eigenvalue weighted by Crippen LogP contribution is -2.22. The quantitative estimate of drug-likeness (QED) is 0.323. The van der Waals surface area contributed by atoms with E-state index in [0.717, 1.165) is 37.6 Å². The Bertz CT molecular complexity index is 1030. The van der Waals surface area contributed by atoms with Gasteiger partial charge in [0.25, 0.3) is 0 Å². The number of anilines is 1. The molecular weight excluding hydrogens is 402 g/mol. The Morgan fingerprint density at radius 2 is 1.96 bits per heavy atom. The molecule has 1 aliphatic heterocycles. The standard InChI is InChI=1S/C18H16ClN5O3S/c19-14-5-1-2-6-15(14)23-17(22-10-3-4-11-22)20-21-18(23)28-12-9-13-7-8-16(27-13)24(25)26/h1-2,5-9,12H,3-4,10-11H2/b12-9+. The Morgan fingerprint density at radius 3 is 2.68 bits per heavy atom. The molecule has 0 aliphatic carbocycles. The first-order valence-corrected chi connectivity index (χ1v) is 9.92. The van der Waals surface area contributed by atoms with Crippen molar-refractivity contribution in [3.8, 4) is 5.69 Å². The molecule has 0 unspecified atom stereocenters. The van der Waals surface area contributed by atoms with Crippen molar-refractivity contribution >= 4 is 41.3 Å². The zero-order valence-corrected chi connectivity index (χ0v) is 16.3. The third kappa shape index (κ3) is 3.76. The molecule has 144 valence electrons. The largest absolute Gasteiger partial charge is 0.433 e. The molecule has 1 aromatic carbocycles. The summed E-state index contributed by atoms with van der Waals surface area (Å²) in [5, 5.41) is 22.4.